The maximum absolute atomic E-state index is 9.94. The van der Waals surface area contributed by atoms with E-state index in [9.17, 15) is 5.11 Å². The normalized spacial score (nSPS) is 31.7. The smallest absolute Gasteiger partial charge is 0.0742 e. The van der Waals surface area contributed by atoms with E-state index in [-0.39, 0.29) is 17.2 Å². The van der Waals surface area contributed by atoms with Gasteiger partial charge in [0, 0.05) is 5.54 Å². The molecule has 0 amide bonds. The van der Waals surface area contributed by atoms with E-state index in [1.807, 2.05) is 25.8 Å². The van der Waals surface area contributed by atoms with Gasteiger partial charge >= 0.3 is 0 Å². The number of rotatable bonds is 2. The van der Waals surface area contributed by atoms with Crippen LogP contribution in [0.4, 0.5) is 0 Å². The summed E-state index contributed by atoms with van der Waals surface area (Å²) in [6.07, 6.45) is 1.52. The zero-order valence-electron chi connectivity index (χ0n) is 10.0. The largest absolute Gasteiger partial charge is 0.391 e. The molecule has 3 nitrogen and oxygen atoms in total. The molecule has 0 radical (unpaired) electrons. The third kappa shape index (κ3) is 1.95. The molecule has 0 saturated carbocycles. The van der Waals surface area contributed by atoms with E-state index in [0.29, 0.717) is 6.61 Å². The van der Waals surface area contributed by atoms with E-state index in [1.54, 1.807) is 0 Å². The standard InChI is InChI=1S/C11H23NO2/c1-6-14-12-10(2,3)8-7-9(13)11(12,4)5/h9,13H,6-8H2,1-5H3. The van der Waals surface area contributed by atoms with Gasteiger partial charge in [0.25, 0.3) is 0 Å². The number of aliphatic hydroxyl groups excluding tert-OH is 1. The Bertz CT molecular complexity index is 201. The minimum atomic E-state index is -0.304. The molecule has 1 N–H and O–H groups in total. The van der Waals surface area contributed by atoms with Gasteiger partial charge in [0.05, 0.1) is 18.2 Å². The number of hydrogen-bond acceptors (Lipinski definition) is 3. The van der Waals surface area contributed by atoms with Crippen molar-refractivity contribution < 1.29 is 9.94 Å². The summed E-state index contributed by atoms with van der Waals surface area (Å²) in [5, 5.41) is 11.9. The zero-order chi connectivity index (χ0) is 11.0. The van der Waals surface area contributed by atoms with Crippen LogP contribution in [0.25, 0.3) is 0 Å². The number of hydroxylamine groups is 2. The third-order valence-electron chi connectivity index (χ3n) is 3.18. The van der Waals surface area contributed by atoms with Crippen molar-refractivity contribution in [2.75, 3.05) is 6.61 Å². The van der Waals surface area contributed by atoms with Crippen LogP contribution in [-0.4, -0.2) is 34.0 Å². The van der Waals surface area contributed by atoms with Crippen molar-refractivity contribution in [2.45, 2.75) is 64.6 Å². The highest BCUT2D eigenvalue weighted by Crippen LogP contribution is 2.38. The minimum absolute atomic E-state index is 0.0126. The summed E-state index contributed by atoms with van der Waals surface area (Å²) in [7, 11) is 0. The van der Waals surface area contributed by atoms with Gasteiger partial charge in [-0.05, 0) is 47.5 Å². The van der Waals surface area contributed by atoms with Gasteiger partial charge in [0.15, 0.2) is 0 Å². The molecule has 1 atom stereocenters. The third-order valence-corrected chi connectivity index (χ3v) is 3.18. The molecule has 1 aliphatic rings. The van der Waals surface area contributed by atoms with Crippen molar-refractivity contribution in [3.8, 4) is 0 Å². The van der Waals surface area contributed by atoms with Gasteiger partial charge in [0.1, 0.15) is 0 Å². The van der Waals surface area contributed by atoms with Crippen LogP contribution in [0.15, 0.2) is 0 Å². The van der Waals surface area contributed by atoms with Crippen LogP contribution in [0.5, 0.6) is 0 Å². The molecule has 1 saturated heterocycles. The SMILES string of the molecule is CCON1C(C)(C)CCC(O)C1(C)C. The van der Waals surface area contributed by atoms with Gasteiger partial charge in [-0.1, -0.05) is 0 Å². The number of piperidine rings is 1. The van der Waals surface area contributed by atoms with Crippen molar-refractivity contribution in [2.24, 2.45) is 0 Å². The van der Waals surface area contributed by atoms with Crippen molar-refractivity contribution in [3.05, 3.63) is 0 Å². The maximum atomic E-state index is 9.94. The molecule has 1 fully saturated rings. The summed E-state index contributed by atoms with van der Waals surface area (Å²) in [4.78, 5) is 5.66. The Labute approximate surface area is 87.0 Å². The van der Waals surface area contributed by atoms with Crippen LogP contribution < -0.4 is 0 Å². The summed E-state index contributed by atoms with van der Waals surface area (Å²) in [5.41, 5.74) is -0.281. The fourth-order valence-electron chi connectivity index (χ4n) is 2.33. The highest BCUT2D eigenvalue weighted by molar-refractivity contribution is 4.98. The lowest BCUT2D eigenvalue weighted by atomic mass is 9.80. The first-order chi connectivity index (χ1) is 6.32. The van der Waals surface area contributed by atoms with E-state index in [1.165, 1.54) is 0 Å². The molecule has 1 aliphatic heterocycles. The van der Waals surface area contributed by atoms with E-state index in [0.717, 1.165) is 12.8 Å². The van der Waals surface area contributed by atoms with Crippen molar-refractivity contribution in [1.29, 1.82) is 0 Å². The molecule has 1 heterocycles. The van der Waals surface area contributed by atoms with Crippen LogP contribution in [0.3, 0.4) is 0 Å². The summed E-state index contributed by atoms with van der Waals surface area (Å²) >= 11 is 0. The van der Waals surface area contributed by atoms with E-state index in [4.69, 9.17) is 4.84 Å². The minimum Gasteiger partial charge on any atom is -0.391 e. The maximum Gasteiger partial charge on any atom is 0.0742 e. The van der Waals surface area contributed by atoms with Gasteiger partial charge < -0.3 is 5.11 Å². The average molecular weight is 201 g/mol. The Hall–Kier alpha value is -0.120. The van der Waals surface area contributed by atoms with Crippen LogP contribution in [0.2, 0.25) is 0 Å². The molecule has 0 spiro atoms. The van der Waals surface area contributed by atoms with E-state index >= 15 is 0 Å². The molecular formula is C11H23NO2. The van der Waals surface area contributed by atoms with Crippen LogP contribution in [-0.2, 0) is 4.84 Å². The fraction of sp³-hybridized carbons (Fsp3) is 1.00. The number of hydrogen-bond donors (Lipinski definition) is 1. The first-order valence-corrected chi connectivity index (χ1v) is 5.43. The molecule has 1 rings (SSSR count). The summed E-state index contributed by atoms with van der Waals surface area (Å²) in [6.45, 7) is 11.0. The molecule has 84 valence electrons. The summed E-state index contributed by atoms with van der Waals surface area (Å²) in [5.74, 6) is 0. The fourth-order valence-corrected chi connectivity index (χ4v) is 2.33. The Morgan fingerprint density at radius 2 is 1.93 bits per heavy atom. The van der Waals surface area contributed by atoms with Gasteiger partial charge in [-0.2, -0.15) is 5.06 Å². The molecule has 1 unspecified atom stereocenters. The van der Waals surface area contributed by atoms with Gasteiger partial charge in [-0.25, -0.2) is 0 Å². The molecule has 0 bridgehead atoms. The highest BCUT2D eigenvalue weighted by Gasteiger charge is 2.47. The molecule has 14 heavy (non-hydrogen) atoms. The quantitative estimate of drug-likeness (QED) is 0.741. The Morgan fingerprint density at radius 3 is 2.43 bits per heavy atom. The molecule has 3 heteroatoms. The Balaban J connectivity index is 2.88. The zero-order valence-corrected chi connectivity index (χ0v) is 10.0. The topological polar surface area (TPSA) is 32.7 Å². The van der Waals surface area contributed by atoms with E-state index < -0.39 is 0 Å². The second-order valence-electron chi connectivity index (χ2n) is 5.23. The van der Waals surface area contributed by atoms with Crippen molar-refractivity contribution in [3.63, 3.8) is 0 Å². The predicted molar refractivity (Wildman–Crippen MR) is 56.9 cm³/mol. The summed E-state index contributed by atoms with van der Waals surface area (Å²) < 4.78 is 0. The first kappa shape index (κ1) is 12.0. The van der Waals surface area contributed by atoms with Crippen LogP contribution in [0, 0.1) is 0 Å². The molecule has 0 aromatic carbocycles. The number of nitrogens with zero attached hydrogens (tertiary/aromatic N) is 1. The van der Waals surface area contributed by atoms with Gasteiger partial charge in [-0.15, -0.1) is 0 Å². The molecule has 0 aromatic heterocycles. The van der Waals surface area contributed by atoms with E-state index in [2.05, 4.69) is 13.8 Å². The van der Waals surface area contributed by atoms with Gasteiger partial charge in [-0.3, -0.25) is 4.84 Å². The highest BCUT2D eigenvalue weighted by atomic mass is 16.7. The Kier molecular flexibility index (Phi) is 3.24. The van der Waals surface area contributed by atoms with Crippen LogP contribution >= 0.6 is 0 Å². The summed E-state index contributed by atoms with van der Waals surface area (Å²) in [6, 6.07) is 0. The lowest BCUT2D eigenvalue weighted by Crippen LogP contribution is -2.64. The predicted octanol–water partition coefficient (Wildman–Crippen LogP) is 1.95. The van der Waals surface area contributed by atoms with Gasteiger partial charge in [0.2, 0.25) is 0 Å². The number of aliphatic hydroxyl groups is 1. The monoisotopic (exact) mass is 201 g/mol. The lowest BCUT2D eigenvalue weighted by Gasteiger charge is -2.53. The van der Waals surface area contributed by atoms with Crippen molar-refractivity contribution in [1.82, 2.24) is 5.06 Å². The lowest BCUT2D eigenvalue weighted by molar-refractivity contribution is -0.300. The molecule has 0 aromatic rings. The molecule has 0 aliphatic carbocycles. The van der Waals surface area contributed by atoms with Crippen LogP contribution in [0.1, 0.15) is 47.5 Å². The first-order valence-electron chi connectivity index (χ1n) is 5.43. The van der Waals surface area contributed by atoms with Crippen molar-refractivity contribution >= 4 is 0 Å². The second kappa shape index (κ2) is 3.80. The molecular weight excluding hydrogens is 178 g/mol. The Morgan fingerprint density at radius 1 is 1.36 bits per heavy atom. The second-order valence-corrected chi connectivity index (χ2v) is 5.23. The average Bonchev–Trinajstić information content (AvgIpc) is 2.07.